The first-order chi connectivity index (χ1) is 20.8. The second kappa shape index (κ2) is 7.99. The molecule has 2 heterocycles. The van der Waals surface area contributed by atoms with E-state index in [0.717, 1.165) is 27.6 Å². The molecule has 8 aromatic carbocycles. The van der Waals surface area contributed by atoms with E-state index in [0.29, 0.717) is 0 Å². The van der Waals surface area contributed by atoms with Gasteiger partial charge in [0.05, 0.1) is 11.0 Å². The molecule has 194 valence electrons. The molecule has 0 aliphatic carbocycles. The minimum absolute atomic E-state index is 0.908. The van der Waals surface area contributed by atoms with Gasteiger partial charge in [0.25, 0.3) is 0 Å². The van der Waals surface area contributed by atoms with Crippen LogP contribution in [0.2, 0.25) is 0 Å². The van der Waals surface area contributed by atoms with Crippen molar-refractivity contribution in [1.82, 2.24) is 4.57 Å². The average Bonchev–Trinajstić information content (AvgIpc) is 3.58. The van der Waals surface area contributed by atoms with Crippen LogP contribution in [-0.4, -0.2) is 4.57 Å². The minimum Gasteiger partial charge on any atom is -0.456 e. The zero-order valence-corrected chi connectivity index (χ0v) is 22.6. The first-order valence-electron chi connectivity index (χ1n) is 14.4. The SMILES string of the molecule is c1ccc2cc3c(cc2c1)oc1ccc(-n2c4ccccc4c4c5ccccc5c5c6ccccc6ccc5c42)cc13. The summed E-state index contributed by atoms with van der Waals surface area (Å²) in [6.07, 6.45) is 0. The highest BCUT2D eigenvalue weighted by molar-refractivity contribution is 6.36. The van der Waals surface area contributed by atoms with Gasteiger partial charge < -0.3 is 8.98 Å². The number of hydrogen-bond acceptors (Lipinski definition) is 1. The van der Waals surface area contributed by atoms with E-state index in [9.17, 15) is 0 Å². The van der Waals surface area contributed by atoms with Crippen molar-refractivity contribution < 1.29 is 4.42 Å². The van der Waals surface area contributed by atoms with E-state index in [-0.39, 0.29) is 0 Å². The van der Waals surface area contributed by atoms with Crippen molar-refractivity contribution in [3.8, 4) is 5.69 Å². The van der Waals surface area contributed by atoms with Gasteiger partial charge in [0.1, 0.15) is 11.2 Å². The highest BCUT2D eigenvalue weighted by Crippen LogP contribution is 2.45. The lowest BCUT2D eigenvalue weighted by Crippen LogP contribution is -1.95. The van der Waals surface area contributed by atoms with Gasteiger partial charge >= 0.3 is 0 Å². The molecule has 10 aromatic rings. The van der Waals surface area contributed by atoms with Crippen LogP contribution in [-0.2, 0) is 0 Å². The Bertz CT molecular complexity index is 2740. The number of hydrogen-bond donors (Lipinski definition) is 0. The third-order valence-corrected chi connectivity index (χ3v) is 9.10. The summed E-state index contributed by atoms with van der Waals surface area (Å²) in [5.41, 5.74) is 5.41. The molecule has 0 spiro atoms. The van der Waals surface area contributed by atoms with Crippen LogP contribution < -0.4 is 0 Å². The Balaban J connectivity index is 1.41. The molecule has 42 heavy (non-hydrogen) atoms. The van der Waals surface area contributed by atoms with Gasteiger partial charge in [-0.3, -0.25) is 0 Å². The van der Waals surface area contributed by atoms with Gasteiger partial charge in [-0.1, -0.05) is 103 Å². The van der Waals surface area contributed by atoms with Crippen LogP contribution in [0.25, 0.3) is 92.5 Å². The molecule has 2 aromatic heterocycles. The summed E-state index contributed by atoms with van der Waals surface area (Å²) in [6, 6.07) is 50.6. The van der Waals surface area contributed by atoms with E-state index in [2.05, 4.69) is 144 Å². The molecule has 0 radical (unpaired) electrons. The monoisotopic (exact) mass is 533 g/mol. The molecule has 10 rings (SSSR count). The maximum Gasteiger partial charge on any atom is 0.136 e. The van der Waals surface area contributed by atoms with Gasteiger partial charge in [0, 0.05) is 32.6 Å². The van der Waals surface area contributed by atoms with Crippen LogP contribution in [0, 0.1) is 0 Å². The molecule has 2 heteroatoms. The number of furan rings is 1. The second-order valence-corrected chi connectivity index (χ2v) is 11.3. The number of rotatable bonds is 1. The molecular formula is C40H23NO. The quantitative estimate of drug-likeness (QED) is 0.192. The average molecular weight is 534 g/mol. The molecule has 0 aliphatic rings. The van der Waals surface area contributed by atoms with Gasteiger partial charge in [-0.25, -0.2) is 0 Å². The van der Waals surface area contributed by atoms with Crippen LogP contribution in [0.15, 0.2) is 144 Å². The predicted molar refractivity (Wildman–Crippen MR) is 178 cm³/mol. The summed E-state index contributed by atoms with van der Waals surface area (Å²) in [5.74, 6) is 0. The first-order valence-corrected chi connectivity index (χ1v) is 14.4. The summed E-state index contributed by atoms with van der Waals surface area (Å²) >= 11 is 0. The Hall–Kier alpha value is -5.60. The lowest BCUT2D eigenvalue weighted by atomic mass is 9.93. The van der Waals surface area contributed by atoms with Crippen molar-refractivity contribution in [3.63, 3.8) is 0 Å². The molecule has 0 saturated carbocycles. The second-order valence-electron chi connectivity index (χ2n) is 11.3. The number of benzene rings is 8. The highest BCUT2D eigenvalue weighted by atomic mass is 16.3. The van der Waals surface area contributed by atoms with Crippen LogP contribution >= 0.6 is 0 Å². The normalized spacial score (nSPS) is 12.3. The molecular weight excluding hydrogens is 510 g/mol. The van der Waals surface area contributed by atoms with Crippen molar-refractivity contribution >= 4 is 86.8 Å². The zero-order valence-electron chi connectivity index (χ0n) is 22.6. The predicted octanol–water partition coefficient (Wildman–Crippen LogP) is 11.3. The van der Waals surface area contributed by atoms with Crippen LogP contribution in [0.5, 0.6) is 0 Å². The number of fused-ring (bicyclic) bond motifs is 14. The summed E-state index contributed by atoms with van der Waals surface area (Å²) in [6.45, 7) is 0. The van der Waals surface area contributed by atoms with Gasteiger partial charge in [-0.05, 0) is 74.1 Å². The van der Waals surface area contributed by atoms with Crippen molar-refractivity contribution in [3.05, 3.63) is 140 Å². The lowest BCUT2D eigenvalue weighted by molar-refractivity contribution is 0.669. The van der Waals surface area contributed by atoms with Gasteiger partial charge in [0.2, 0.25) is 0 Å². The number of para-hydroxylation sites is 1. The first kappa shape index (κ1) is 22.1. The number of nitrogens with zero attached hydrogens (tertiary/aromatic N) is 1. The lowest BCUT2D eigenvalue weighted by Gasteiger charge is -2.14. The van der Waals surface area contributed by atoms with Crippen molar-refractivity contribution in [2.24, 2.45) is 0 Å². The fraction of sp³-hybridized carbons (Fsp3) is 0. The standard InChI is InChI=1S/C40H23NO/c1-2-11-26-22-37-33(21-25(26)10-1)34-23-27(18-20-36(34)42-37)41-35-16-8-7-15-31(35)39-30-14-6-5-13-29(30)38-28-12-4-3-9-24(28)17-19-32(38)40(39)41/h1-23H. The third-order valence-electron chi connectivity index (χ3n) is 9.10. The molecule has 2 nitrogen and oxygen atoms in total. The molecule has 0 N–H and O–H groups in total. The summed E-state index contributed by atoms with van der Waals surface area (Å²) in [4.78, 5) is 0. The topological polar surface area (TPSA) is 18.1 Å². The Kier molecular flexibility index (Phi) is 4.21. The van der Waals surface area contributed by atoms with Gasteiger partial charge in [-0.2, -0.15) is 0 Å². The minimum atomic E-state index is 0.908. The van der Waals surface area contributed by atoms with Gasteiger partial charge in [0.15, 0.2) is 0 Å². The summed E-state index contributed by atoms with van der Waals surface area (Å²) < 4.78 is 8.84. The molecule has 0 amide bonds. The van der Waals surface area contributed by atoms with Crippen LogP contribution in [0.3, 0.4) is 0 Å². The highest BCUT2D eigenvalue weighted by Gasteiger charge is 2.20. The van der Waals surface area contributed by atoms with E-state index in [1.54, 1.807) is 0 Å². The molecule has 0 aliphatic heterocycles. The molecule has 0 bridgehead atoms. The van der Waals surface area contributed by atoms with Crippen LogP contribution in [0.1, 0.15) is 0 Å². The number of aromatic nitrogens is 1. The van der Waals surface area contributed by atoms with Crippen molar-refractivity contribution in [2.75, 3.05) is 0 Å². The van der Waals surface area contributed by atoms with E-state index < -0.39 is 0 Å². The van der Waals surface area contributed by atoms with Crippen LogP contribution in [0.4, 0.5) is 0 Å². The summed E-state index contributed by atoms with van der Waals surface area (Å²) in [7, 11) is 0. The maximum atomic E-state index is 6.37. The smallest absolute Gasteiger partial charge is 0.136 e. The third kappa shape index (κ3) is 2.83. The molecule has 0 atom stereocenters. The Morgan fingerprint density at radius 3 is 1.86 bits per heavy atom. The largest absolute Gasteiger partial charge is 0.456 e. The van der Waals surface area contributed by atoms with Crippen molar-refractivity contribution in [2.45, 2.75) is 0 Å². The Morgan fingerprint density at radius 1 is 0.381 bits per heavy atom. The van der Waals surface area contributed by atoms with Crippen molar-refractivity contribution in [1.29, 1.82) is 0 Å². The fourth-order valence-electron chi connectivity index (χ4n) is 7.30. The summed E-state index contributed by atoms with van der Waals surface area (Å²) in [5, 5.41) is 15.0. The van der Waals surface area contributed by atoms with E-state index in [4.69, 9.17) is 4.42 Å². The Morgan fingerprint density at radius 2 is 1.02 bits per heavy atom. The molecule has 0 fully saturated rings. The van der Waals surface area contributed by atoms with Gasteiger partial charge in [-0.15, -0.1) is 0 Å². The molecule has 0 saturated heterocycles. The van der Waals surface area contributed by atoms with E-state index in [1.165, 1.54) is 64.9 Å². The molecule has 0 unspecified atom stereocenters. The van der Waals surface area contributed by atoms with E-state index in [1.807, 2.05) is 0 Å². The Labute approximate surface area is 240 Å². The fourth-order valence-corrected chi connectivity index (χ4v) is 7.30. The zero-order chi connectivity index (χ0) is 27.4. The maximum absolute atomic E-state index is 6.37. The van der Waals surface area contributed by atoms with E-state index >= 15 is 0 Å².